The number of unbranched alkanes of at least 4 members (excludes halogenated alkanes) is 11. The third kappa shape index (κ3) is 12.4. The number of benzene rings is 2. The highest BCUT2D eigenvalue weighted by atomic mass is 16.5. The van der Waals surface area contributed by atoms with E-state index in [1.165, 1.54) is 70.6 Å². The molecule has 0 N–H and O–H groups in total. The molecule has 5 heteroatoms. The number of carbonyl (C=O) groups excluding carboxylic acids is 1. The second kappa shape index (κ2) is 20.5. The summed E-state index contributed by atoms with van der Waals surface area (Å²) in [6, 6.07) is 19.7. The van der Waals surface area contributed by atoms with Gasteiger partial charge in [0.25, 0.3) is 5.91 Å². The lowest BCUT2D eigenvalue weighted by Gasteiger charge is -2.25. The van der Waals surface area contributed by atoms with Gasteiger partial charge >= 0.3 is 0 Å². The molecule has 0 atom stereocenters. The van der Waals surface area contributed by atoms with Gasteiger partial charge in [0.2, 0.25) is 0 Å². The van der Waals surface area contributed by atoms with Crippen LogP contribution >= 0.6 is 0 Å². The highest BCUT2D eigenvalue weighted by molar-refractivity contribution is 5.94. The molecule has 0 aliphatic heterocycles. The van der Waals surface area contributed by atoms with E-state index in [4.69, 9.17) is 9.47 Å². The number of carbonyl (C=O) groups is 1. The zero-order valence-electron chi connectivity index (χ0n) is 27.1. The first-order valence-electron chi connectivity index (χ1n) is 16.8. The minimum atomic E-state index is 0.000571. The van der Waals surface area contributed by atoms with E-state index in [9.17, 15) is 4.79 Å². The van der Waals surface area contributed by atoms with Gasteiger partial charge in [0.1, 0.15) is 6.54 Å². The van der Waals surface area contributed by atoms with Crippen molar-refractivity contribution in [1.82, 2.24) is 4.90 Å². The van der Waals surface area contributed by atoms with Crippen LogP contribution in [0.2, 0.25) is 0 Å². The van der Waals surface area contributed by atoms with Crippen LogP contribution in [-0.2, 0) is 19.6 Å². The fraction of sp³-hybridized carbons (Fsp3) is 0.526. The fourth-order valence-corrected chi connectivity index (χ4v) is 5.52. The van der Waals surface area contributed by atoms with Crippen molar-refractivity contribution in [3.05, 3.63) is 89.7 Å². The maximum absolute atomic E-state index is 13.7. The van der Waals surface area contributed by atoms with E-state index < -0.39 is 0 Å². The molecule has 1 heterocycles. The van der Waals surface area contributed by atoms with Crippen molar-refractivity contribution in [3.8, 4) is 11.5 Å². The van der Waals surface area contributed by atoms with Gasteiger partial charge in [0, 0.05) is 36.2 Å². The maximum Gasteiger partial charge on any atom is 0.254 e. The Hall–Kier alpha value is -3.34. The van der Waals surface area contributed by atoms with Gasteiger partial charge in [0.15, 0.2) is 23.9 Å². The third-order valence-corrected chi connectivity index (χ3v) is 8.01. The summed E-state index contributed by atoms with van der Waals surface area (Å²) >= 11 is 0. The van der Waals surface area contributed by atoms with Crippen LogP contribution < -0.4 is 14.0 Å². The number of methoxy groups -OCH3 is 1. The summed E-state index contributed by atoms with van der Waals surface area (Å²) in [4.78, 5) is 15.6. The van der Waals surface area contributed by atoms with Gasteiger partial charge in [-0.2, -0.15) is 0 Å². The number of amides is 1. The number of ether oxygens (including phenoxy) is 2. The average Bonchev–Trinajstić information content (AvgIpc) is 3.04. The predicted molar refractivity (Wildman–Crippen MR) is 177 cm³/mol. The predicted octanol–water partition coefficient (Wildman–Crippen LogP) is 9.32. The van der Waals surface area contributed by atoms with Crippen molar-refractivity contribution in [1.29, 1.82) is 0 Å². The molecule has 1 aromatic heterocycles. The van der Waals surface area contributed by atoms with Gasteiger partial charge in [-0.25, -0.2) is 4.57 Å². The Morgan fingerprint density at radius 2 is 1.33 bits per heavy atom. The number of hydrogen-bond donors (Lipinski definition) is 0. The molecular formula is C38H55N2O3+. The minimum Gasteiger partial charge on any atom is -0.493 e. The summed E-state index contributed by atoms with van der Waals surface area (Å²) in [5, 5.41) is 0. The molecular weight excluding hydrogens is 532 g/mol. The molecule has 0 aliphatic carbocycles. The Morgan fingerprint density at radius 3 is 1.93 bits per heavy atom. The van der Waals surface area contributed by atoms with E-state index in [1.54, 1.807) is 7.11 Å². The van der Waals surface area contributed by atoms with Gasteiger partial charge in [-0.15, -0.1) is 0 Å². The smallest absolute Gasteiger partial charge is 0.254 e. The number of nitrogens with zero attached hydrogens (tertiary/aromatic N) is 2. The Bertz CT molecular complexity index is 1160. The second-order valence-corrected chi connectivity index (χ2v) is 11.7. The van der Waals surface area contributed by atoms with Gasteiger partial charge < -0.3 is 14.4 Å². The van der Waals surface area contributed by atoms with Crippen LogP contribution in [0.4, 0.5) is 0 Å². The van der Waals surface area contributed by atoms with E-state index in [2.05, 4.69) is 42.9 Å². The Balaban J connectivity index is 1.57. The van der Waals surface area contributed by atoms with Crippen LogP contribution in [0.15, 0.2) is 73.1 Å². The van der Waals surface area contributed by atoms with Crippen LogP contribution in [0.1, 0.15) is 119 Å². The number of aromatic nitrogens is 1. The van der Waals surface area contributed by atoms with Gasteiger partial charge in [-0.1, -0.05) is 115 Å². The lowest BCUT2D eigenvalue weighted by molar-refractivity contribution is -0.697. The first kappa shape index (κ1) is 34.2. The first-order chi connectivity index (χ1) is 21.2. The molecule has 3 aromatic rings. The number of hydrogen-bond acceptors (Lipinski definition) is 3. The molecule has 0 radical (unpaired) electrons. The lowest BCUT2D eigenvalue weighted by atomic mass is 10.1. The molecule has 0 bridgehead atoms. The molecule has 1 amide bonds. The number of aryl methyl sites for hydroxylation is 1. The lowest BCUT2D eigenvalue weighted by Crippen LogP contribution is -2.33. The SMILES string of the molecule is CCCCCCCCCCCCCCOc1c(CN(Cc2cc[n+](CCC)cc2)C(=O)c2ccccc2)cccc1OC. The highest BCUT2D eigenvalue weighted by Gasteiger charge is 2.20. The van der Waals surface area contributed by atoms with E-state index in [0.29, 0.717) is 31.0 Å². The molecule has 0 fully saturated rings. The third-order valence-electron chi connectivity index (χ3n) is 8.01. The Morgan fingerprint density at radius 1 is 0.698 bits per heavy atom. The summed E-state index contributed by atoms with van der Waals surface area (Å²) in [7, 11) is 1.68. The first-order valence-corrected chi connectivity index (χ1v) is 16.8. The molecule has 3 rings (SSSR count). The van der Waals surface area contributed by atoms with E-state index in [1.807, 2.05) is 53.4 Å². The largest absolute Gasteiger partial charge is 0.493 e. The maximum atomic E-state index is 13.7. The zero-order valence-corrected chi connectivity index (χ0v) is 27.1. The van der Waals surface area contributed by atoms with Gasteiger partial charge in [0.05, 0.1) is 20.3 Å². The van der Waals surface area contributed by atoms with E-state index >= 15 is 0 Å². The summed E-state index contributed by atoms with van der Waals surface area (Å²) in [6.45, 7) is 7.02. The van der Waals surface area contributed by atoms with Crippen LogP contribution in [0.25, 0.3) is 0 Å². The van der Waals surface area contributed by atoms with Crippen molar-refractivity contribution in [2.45, 2.75) is 117 Å². The normalized spacial score (nSPS) is 11.0. The Labute approximate surface area is 261 Å². The topological polar surface area (TPSA) is 42.7 Å². The van der Waals surface area contributed by atoms with E-state index in [0.717, 1.165) is 36.3 Å². The molecule has 43 heavy (non-hydrogen) atoms. The fourth-order valence-electron chi connectivity index (χ4n) is 5.52. The summed E-state index contributed by atoms with van der Waals surface area (Å²) in [5.41, 5.74) is 2.74. The molecule has 0 saturated heterocycles. The molecule has 5 nitrogen and oxygen atoms in total. The zero-order chi connectivity index (χ0) is 30.5. The van der Waals surface area contributed by atoms with E-state index in [-0.39, 0.29) is 5.91 Å². The second-order valence-electron chi connectivity index (χ2n) is 11.7. The van der Waals surface area contributed by atoms with Crippen molar-refractivity contribution < 1.29 is 18.8 Å². The van der Waals surface area contributed by atoms with Crippen molar-refractivity contribution in [3.63, 3.8) is 0 Å². The summed E-state index contributed by atoms with van der Waals surface area (Å²) in [6.07, 6.45) is 21.0. The number of pyridine rings is 1. The molecule has 0 saturated carbocycles. The molecule has 234 valence electrons. The summed E-state index contributed by atoms with van der Waals surface area (Å²) in [5.74, 6) is 1.46. The van der Waals surface area contributed by atoms with Gasteiger partial charge in [-0.05, 0) is 30.2 Å². The van der Waals surface area contributed by atoms with Crippen LogP contribution in [0, 0.1) is 0 Å². The van der Waals surface area contributed by atoms with Crippen molar-refractivity contribution in [2.24, 2.45) is 0 Å². The molecule has 0 spiro atoms. The highest BCUT2D eigenvalue weighted by Crippen LogP contribution is 2.33. The van der Waals surface area contributed by atoms with Gasteiger partial charge in [-0.3, -0.25) is 4.79 Å². The number of para-hydroxylation sites is 1. The van der Waals surface area contributed by atoms with Crippen LogP contribution in [0.3, 0.4) is 0 Å². The quantitative estimate of drug-likeness (QED) is 0.0869. The average molecular weight is 588 g/mol. The standard InChI is InChI=1S/C38H55N2O3/c1-4-6-7-8-9-10-11-12-13-14-15-19-30-43-37-35(23-20-24-36(37)42-3)32-40(38(41)34-21-17-16-18-22-34)31-33-25-28-39(27-5-2)29-26-33/h16-18,20-26,28-29H,4-15,19,27,30-32H2,1-3H3/q+1. The Kier molecular flexibility index (Phi) is 16.3. The summed E-state index contributed by atoms with van der Waals surface area (Å²) < 4.78 is 14.2. The number of rotatable bonds is 22. The van der Waals surface area contributed by atoms with Crippen molar-refractivity contribution in [2.75, 3.05) is 13.7 Å². The molecule has 0 aliphatic rings. The monoisotopic (exact) mass is 587 g/mol. The van der Waals surface area contributed by atoms with Crippen LogP contribution in [0.5, 0.6) is 11.5 Å². The van der Waals surface area contributed by atoms with Crippen molar-refractivity contribution >= 4 is 5.91 Å². The molecule has 0 unspecified atom stereocenters. The molecule has 2 aromatic carbocycles. The minimum absolute atomic E-state index is 0.000571. The van der Waals surface area contributed by atoms with Crippen LogP contribution in [-0.4, -0.2) is 24.5 Å².